The van der Waals surface area contributed by atoms with Crippen LogP contribution in [0.1, 0.15) is 5.56 Å². The van der Waals surface area contributed by atoms with Gasteiger partial charge >= 0.3 is 0 Å². The van der Waals surface area contributed by atoms with E-state index in [4.69, 9.17) is 23.8 Å². The molecule has 124 valence electrons. The number of carbonyl (C=O) groups is 1. The second-order valence-electron chi connectivity index (χ2n) is 5.32. The van der Waals surface area contributed by atoms with Crippen LogP contribution in [0.4, 0.5) is 5.69 Å². The highest BCUT2D eigenvalue weighted by Gasteiger charge is 2.04. The molecular formula is C20H15ClN2OS. The molecule has 0 bridgehead atoms. The largest absolute Gasteiger partial charge is 0.331 e. The Morgan fingerprint density at radius 1 is 0.960 bits per heavy atom. The monoisotopic (exact) mass is 366 g/mol. The van der Waals surface area contributed by atoms with Gasteiger partial charge in [-0.1, -0.05) is 66.2 Å². The van der Waals surface area contributed by atoms with E-state index in [1.165, 1.54) is 6.08 Å². The van der Waals surface area contributed by atoms with Crippen LogP contribution in [-0.4, -0.2) is 11.0 Å². The number of hydrogen-bond acceptors (Lipinski definition) is 2. The highest BCUT2D eigenvalue weighted by molar-refractivity contribution is 7.80. The molecule has 0 heterocycles. The fourth-order valence-corrected chi connectivity index (χ4v) is 2.82. The van der Waals surface area contributed by atoms with E-state index in [1.54, 1.807) is 18.2 Å². The summed E-state index contributed by atoms with van der Waals surface area (Å²) >= 11 is 11.2. The molecule has 3 nitrogen and oxygen atoms in total. The molecule has 3 aromatic rings. The van der Waals surface area contributed by atoms with Gasteiger partial charge in [-0.3, -0.25) is 10.1 Å². The van der Waals surface area contributed by atoms with Crippen LogP contribution in [0, 0.1) is 0 Å². The molecule has 1 amide bonds. The lowest BCUT2D eigenvalue weighted by molar-refractivity contribution is -0.115. The van der Waals surface area contributed by atoms with Crippen molar-refractivity contribution in [2.24, 2.45) is 0 Å². The maximum absolute atomic E-state index is 12.1. The number of fused-ring (bicyclic) bond motifs is 1. The molecule has 0 aromatic heterocycles. The van der Waals surface area contributed by atoms with E-state index in [0.29, 0.717) is 10.7 Å². The summed E-state index contributed by atoms with van der Waals surface area (Å²) < 4.78 is 0. The molecule has 0 unspecified atom stereocenters. The second-order valence-corrected chi connectivity index (χ2v) is 6.14. The number of amides is 1. The van der Waals surface area contributed by atoms with E-state index >= 15 is 0 Å². The zero-order valence-corrected chi connectivity index (χ0v) is 14.8. The van der Waals surface area contributed by atoms with E-state index in [1.807, 2.05) is 54.6 Å². The summed E-state index contributed by atoms with van der Waals surface area (Å²) in [4.78, 5) is 12.1. The van der Waals surface area contributed by atoms with E-state index in [9.17, 15) is 4.79 Å². The summed E-state index contributed by atoms with van der Waals surface area (Å²) in [6.45, 7) is 0. The number of para-hydroxylation sites is 1. The molecule has 0 radical (unpaired) electrons. The maximum atomic E-state index is 12.1. The Balaban J connectivity index is 1.66. The Labute approximate surface area is 156 Å². The van der Waals surface area contributed by atoms with Gasteiger partial charge in [0, 0.05) is 6.08 Å². The third-order valence-electron chi connectivity index (χ3n) is 3.60. The van der Waals surface area contributed by atoms with Crippen LogP contribution in [-0.2, 0) is 4.79 Å². The van der Waals surface area contributed by atoms with Crippen molar-refractivity contribution in [1.29, 1.82) is 0 Å². The lowest BCUT2D eigenvalue weighted by atomic mass is 10.0. The van der Waals surface area contributed by atoms with Crippen LogP contribution in [0.2, 0.25) is 5.02 Å². The highest BCUT2D eigenvalue weighted by Crippen LogP contribution is 2.20. The summed E-state index contributed by atoms with van der Waals surface area (Å²) in [6, 6.07) is 21.2. The van der Waals surface area contributed by atoms with Crippen molar-refractivity contribution in [1.82, 2.24) is 5.32 Å². The Morgan fingerprint density at radius 2 is 1.68 bits per heavy atom. The Kier molecular flexibility index (Phi) is 5.43. The van der Waals surface area contributed by atoms with Crippen LogP contribution >= 0.6 is 23.8 Å². The fourth-order valence-electron chi connectivity index (χ4n) is 2.43. The first-order chi connectivity index (χ1) is 12.1. The van der Waals surface area contributed by atoms with Gasteiger partial charge in [0.2, 0.25) is 5.91 Å². The highest BCUT2D eigenvalue weighted by atomic mass is 35.5. The predicted octanol–water partition coefficient (Wildman–Crippen LogP) is 5.02. The van der Waals surface area contributed by atoms with E-state index in [0.717, 1.165) is 16.3 Å². The van der Waals surface area contributed by atoms with Crippen molar-refractivity contribution < 1.29 is 4.79 Å². The van der Waals surface area contributed by atoms with E-state index in [2.05, 4.69) is 10.6 Å². The fraction of sp³-hybridized carbons (Fsp3) is 0. The van der Waals surface area contributed by atoms with Gasteiger partial charge in [-0.25, -0.2) is 0 Å². The van der Waals surface area contributed by atoms with Gasteiger partial charge < -0.3 is 5.32 Å². The minimum absolute atomic E-state index is 0.195. The molecule has 0 aliphatic rings. The quantitative estimate of drug-likeness (QED) is 0.505. The number of hydrogen-bond donors (Lipinski definition) is 2. The second kappa shape index (κ2) is 7.92. The lowest BCUT2D eigenvalue weighted by Gasteiger charge is -2.09. The molecule has 0 aliphatic carbocycles. The molecule has 0 atom stereocenters. The molecular weight excluding hydrogens is 352 g/mol. The van der Waals surface area contributed by atoms with Gasteiger partial charge in [-0.05, 0) is 46.8 Å². The SMILES string of the molecule is O=C(C=Cc1cccc2ccccc12)NC(=S)Nc1ccccc1Cl. The lowest BCUT2D eigenvalue weighted by Crippen LogP contribution is -2.32. The Hall–Kier alpha value is -2.69. The van der Waals surface area contributed by atoms with Gasteiger partial charge in [0.25, 0.3) is 0 Å². The number of carbonyl (C=O) groups excluding carboxylic acids is 1. The first kappa shape index (κ1) is 17.1. The average molecular weight is 367 g/mol. The number of benzene rings is 3. The topological polar surface area (TPSA) is 41.1 Å². The van der Waals surface area contributed by atoms with E-state index in [-0.39, 0.29) is 11.0 Å². The summed E-state index contributed by atoms with van der Waals surface area (Å²) in [6.07, 6.45) is 3.23. The summed E-state index contributed by atoms with van der Waals surface area (Å²) in [5.41, 5.74) is 1.62. The third-order valence-corrected chi connectivity index (χ3v) is 4.13. The van der Waals surface area contributed by atoms with Gasteiger partial charge in [-0.15, -0.1) is 0 Å². The van der Waals surface area contributed by atoms with Gasteiger partial charge in [0.15, 0.2) is 5.11 Å². The number of nitrogens with one attached hydrogen (secondary N) is 2. The number of halogens is 1. The minimum Gasteiger partial charge on any atom is -0.331 e. The maximum Gasteiger partial charge on any atom is 0.250 e. The molecule has 0 spiro atoms. The molecule has 3 aromatic carbocycles. The summed E-state index contributed by atoms with van der Waals surface area (Å²) in [5, 5.41) is 8.45. The van der Waals surface area contributed by atoms with Crippen molar-refractivity contribution in [2.45, 2.75) is 0 Å². The standard InChI is InChI=1S/C20H15ClN2OS/c21-17-10-3-4-11-18(17)22-20(25)23-19(24)13-12-15-8-5-7-14-6-1-2-9-16(14)15/h1-13H,(H2,22,23,24,25). The molecule has 0 aliphatic heterocycles. The van der Waals surface area contributed by atoms with Crippen molar-refractivity contribution >= 4 is 57.4 Å². The molecule has 3 rings (SSSR count). The molecule has 0 saturated heterocycles. The van der Waals surface area contributed by atoms with Crippen molar-refractivity contribution in [3.63, 3.8) is 0 Å². The first-order valence-corrected chi connectivity index (χ1v) is 8.44. The predicted molar refractivity (Wildman–Crippen MR) is 109 cm³/mol. The molecule has 2 N–H and O–H groups in total. The zero-order valence-electron chi connectivity index (χ0n) is 13.2. The average Bonchev–Trinajstić information content (AvgIpc) is 2.62. The minimum atomic E-state index is -0.308. The van der Waals surface area contributed by atoms with Crippen molar-refractivity contribution in [2.75, 3.05) is 5.32 Å². The number of anilines is 1. The number of rotatable bonds is 3. The van der Waals surface area contributed by atoms with Crippen molar-refractivity contribution in [3.05, 3.63) is 83.4 Å². The Bertz CT molecular complexity index is 963. The van der Waals surface area contributed by atoms with E-state index < -0.39 is 0 Å². The smallest absolute Gasteiger partial charge is 0.250 e. The van der Waals surface area contributed by atoms with Gasteiger partial charge in [0.05, 0.1) is 10.7 Å². The first-order valence-electron chi connectivity index (χ1n) is 7.66. The molecule has 25 heavy (non-hydrogen) atoms. The number of thiocarbonyl (C=S) groups is 1. The zero-order chi connectivity index (χ0) is 17.6. The van der Waals surface area contributed by atoms with Gasteiger partial charge in [-0.2, -0.15) is 0 Å². The summed E-state index contributed by atoms with van der Waals surface area (Å²) in [5.74, 6) is -0.308. The van der Waals surface area contributed by atoms with Crippen molar-refractivity contribution in [3.8, 4) is 0 Å². The Morgan fingerprint density at radius 3 is 2.52 bits per heavy atom. The normalized spacial score (nSPS) is 10.8. The van der Waals surface area contributed by atoms with Crippen LogP contribution in [0.3, 0.4) is 0 Å². The molecule has 5 heteroatoms. The van der Waals surface area contributed by atoms with Crippen LogP contribution in [0.5, 0.6) is 0 Å². The van der Waals surface area contributed by atoms with Gasteiger partial charge in [0.1, 0.15) is 0 Å². The third kappa shape index (κ3) is 4.44. The molecule has 0 saturated carbocycles. The van der Waals surface area contributed by atoms with Crippen LogP contribution in [0.25, 0.3) is 16.8 Å². The molecule has 0 fully saturated rings. The van der Waals surface area contributed by atoms with Crippen LogP contribution < -0.4 is 10.6 Å². The summed E-state index contributed by atoms with van der Waals surface area (Å²) in [7, 11) is 0. The van der Waals surface area contributed by atoms with Crippen LogP contribution in [0.15, 0.2) is 72.8 Å².